The summed E-state index contributed by atoms with van der Waals surface area (Å²) in [5, 5.41) is 2.84. The van der Waals surface area contributed by atoms with Crippen LogP contribution in [0.2, 0.25) is 0 Å². The van der Waals surface area contributed by atoms with Gasteiger partial charge in [-0.1, -0.05) is 0 Å². The second-order valence-electron chi connectivity index (χ2n) is 4.10. The lowest BCUT2D eigenvalue weighted by atomic mass is 10.1. The minimum Gasteiger partial charge on any atom is -0.493 e. The van der Waals surface area contributed by atoms with Crippen molar-refractivity contribution in [3.8, 4) is 11.5 Å². The van der Waals surface area contributed by atoms with E-state index in [4.69, 9.17) is 14.2 Å². The first-order chi connectivity index (χ1) is 8.74. The number of hydrogen-bond acceptors (Lipinski definition) is 5. The maximum atomic E-state index is 11.8. The van der Waals surface area contributed by atoms with E-state index in [1.165, 1.54) is 0 Å². The van der Waals surface area contributed by atoms with Gasteiger partial charge in [0, 0.05) is 5.56 Å². The molecule has 1 aliphatic heterocycles. The van der Waals surface area contributed by atoms with Gasteiger partial charge in [0.1, 0.15) is 6.10 Å². The number of nitrogens with one attached hydrogen (secondary N) is 1. The molecule has 1 saturated heterocycles. The van der Waals surface area contributed by atoms with Gasteiger partial charge in [-0.05, 0) is 25.2 Å². The summed E-state index contributed by atoms with van der Waals surface area (Å²) in [5.41, 5.74) is 0.611. The monoisotopic (exact) mass is 251 g/mol. The molecule has 0 unspecified atom stereocenters. The van der Waals surface area contributed by atoms with Gasteiger partial charge in [-0.3, -0.25) is 4.79 Å². The van der Waals surface area contributed by atoms with Crippen molar-refractivity contribution in [3.63, 3.8) is 0 Å². The fraction of sp³-hybridized carbons (Fsp3) is 0.462. The van der Waals surface area contributed by atoms with Crippen LogP contribution in [0.3, 0.4) is 0 Å². The summed E-state index contributed by atoms with van der Waals surface area (Å²) in [6.45, 7) is 1.47. The first kappa shape index (κ1) is 12.9. The molecule has 0 spiro atoms. The molecule has 1 heterocycles. The molecule has 5 nitrogen and oxygen atoms in total. The van der Waals surface area contributed by atoms with Crippen molar-refractivity contribution in [2.75, 3.05) is 33.9 Å². The lowest BCUT2D eigenvalue weighted by Crippen LogP contribution is -2.38. The third-order valence-corrected chi connectivity index (χ3v) is 2.72. The average Bonchev–Trinajstić information content (AvgIpc) is 2.34. The summed E-state index contributed by atoms with van der Waals surface area (Å²) in [7, 11) is 3.32. The Bertz CT molecular complexity index is 429. The molecule has 1 N–H and O–H groups in total. The molecule has 0 amide bonds. The number of benzene rings is 1. The molecule has 0 atom stereocenters. The van der Waals surface area contributed by atoms with E-state index in [2.05, 4.69) is 5.32 Å². The van der Waals surface area contributed by atoms with Crippen LogP contribution >= 0.6 is 0 Å². The molecule has 0 bridgehead atoms. The highest BCUT2D eigenvalue weighted by atomic mass is 16.6. The predicted molar refractivity (Wildman–Crippen MR) is 66.5 cm³/mol. The van der Waals surface area contributed by atoms with Crippen LogP contribution in [-0.4, -0.2) is 45.8 Å². The zero-order valence-corrected chi connectivity index (χ0v) is 10.6. The van der Waals surface area contributed by atoms with Gasteiger partial charge in [-0.2, -0.15) is 0 Å². The molecule has 0 aromatic heterocycles. The quantitative estimate of drug-likeness (QED) is 0.760. The number of likely N-dealkylation sites (N-methyl/N-ethyl adjacent to an activating group) is 1. The normalized spacial score (nSPS) is 15.0. The maximum absolute atomic E-state index is 11.8. The second kappa shape index (κ2) is 5.84. The highest BCUT2D eigenvalue weighted by Crippen LogP contribution is 2.30. The van der Waals surface area contributed by atoms with Crippen molar-refractivity contribution in [2.24, 2.45) is 0 Å². The van der Waals surface area contributed by atoms with Crippen molar-refractivity contribution in [3.05, 3.63) is 23.8 Å². The summed E-state index contributed by atoms with van der Waals surface area (Å²) in [6, 6.07) is 5.21. The standard InChI is InChI=1S/C13H17NO4/c1-14-6-11(15)9-3-4-12(16-2)13(5-9)18-10-7-17-8-10/h3-5,10,14H,6-8H2,1-2H3. The van der Waals surface area contributed by atoms with Crippen LogP contribution in [0.5, 0.6) is 11.5 Å². The minimum absolute atomic E-state index is 0.0230. The number of carbonyl (C=O) groups excluding carboxylic acids is 1. The molecule has 18 heavy (non-hydrogen) atoms. The largest absolute Gasteiger partial charge is 0.493 e. The van der Waals surface area contributed by atoms with Gasteiger partial charge in [-0.15, -0.1) is 0 Å². The number of methoxy groups -OCH3 is 1. The third-order valence-electron chi connectivity index (χ3n) is 2.72. The SMILES string of the molecule is CNCC(=O)c1ccc(OC)c(OC2COC2)c1. The summed E-state index contributed by atoms with van der Waals surface area (Å²) in [4.78, 5) is 11.8. The van der Waals surface area contributed by atoms with Crippen LogP contribution < -0.4 is 14.8 Å². The molecule has 1 aromatic rings. The number of Topliss-reactive ketones (excluding diaryl/α,β-unsaturated/α-hetero) is 1. The van der Waals surface area contributed by atoms with Gasteiger partial charge in [0.25, 0.3) is 0 Å². The summed E-state index contributed by atoms with van der Waals surface area (Å²) >= 11 is 0. The Labute approximate surface area is 106 Å². The van der Waals surface area contributed by atoms with Crippen LogP contribution in [0.15, 0.2) is 18.2 Å². The summed E-state index contributed by atoms with van der Waals surface area (Å²) < 4.78 is 16.0. The van der Waals surface area contributed by atoms with Gasteiger partial charge in [0.15, 0.2) is 17.3 Å². The van der Waals surface area contributed by atoms with E-state index in [-0.39, 0.29) is 11.9 Å². The lowest BCUT2D eigenvalue weighted by molar-refractivity contribution is -0.0803. The molecule has 5 heteroatoms. The Kier molecular flexibility index (Phi) is 4.17. The molecule has 1 aromatic carbocycles. The highest BCUT2D eigenvalue weighted by Gasteiger charge is 2.22. The van der Waals surface area contributed by atoms with Crippen molar-refractivity contribution in [1.82, 2.24) is 5.32 Å². The lowest BCUT2D eigenvalue weighted by Gasteiger charge is -2.27. The zero-order valence-electron chi connectivity index (χ0n) is 10.6. The molecule has 1 fully saturated rings. The van der Waals surface area contributed by atoms with Gasteiger partial charge >= 0.3 is 0 Å². The number of ketones is 1. The van der Waals surface area contributed by atoms with E-state index in [1.54, 1.807) is 32.4 Å². The van der Waals surface area contributed by atoms with Gasteiger partial charge in [-0.25, -0.2) is 0 Å². The van der Waals surface area contributed by atoms with E-state index in [0.717, 1.165) is 0 Å². The van der Waals surface area contributed by atoms with Gasteiger partial charge < -0.3 is 19.5 Å². The van der Waals surface area contributed by atoms with E-state index in [1.807, 2.05) is 0 Å². The summed E-state index contributed by atoms with van der Waals surface area (Å²) in [5.74, 6) is 1.24. The van der Waals surface area contributed by atoms with Crippen LogP contribution in [0, 0.1) is 0 Å². The smallest absolute Gasteiger partial charge is 0.176 e. The predicted octanol–water partition coefficient (Wildman–Crippen LogP) is 0.875. The van der Waals surface area contributed by atoms with Gasteiger partial charge in [0.05, 0.1) is 26.9 Å². The number of rotatable bonds is 6. The highest BCUT2D eigenvalue weighted by molar-refractivity contribution is 5.98. The number of hydrogen-bond donors (Lipinski definition) is 1. The van der Waals surface area contributed by atoms with Crippen molar-refractivity contribution in [2.45, 2.75) is 6.10 Å². The molecule has 0 saturated carbocycles. The molecule has 2 rings (SSSR count). The Morgan fingerprint density at radius 2 is 2.22 bits per heavy atom. The Balaban J connectivity index is 2.17. The van der Waals surface area contributed by atoms with E-state index < -0.39 is 0 Å². The molecule has 98 valence electrons. The maximum Gasteiger partial charge on any atom is 0.176 e. The topological polar surface area (TPSA) is 56.8 Å². The Morgan fingerprint density at radius 1 is 1.44 bits per heavy atom. The van der Waals surface area contributed by atoms with Crippen LogP contribution in [0.25, 0.3) is 0 Å². The fourth-order valence-electron chi connectivity index (χ4n) is 1.67. The molecular weight excluding hydrogens is 234 g/mol. The molecule has 0 radical (unpaired) electrons. The minimum atomic E-state index is 0.0230. The Hall–Kier alpha value is -1.59. The average molecular weight is 251 g/mol. The van der Waals surface area contributed by atoms with E-state index >= 15 is 0 Å². The molecule has 1 aliphatic rings. The van der Waals surface area contributed by atoms with E-state index in [9.17, 15) is 4.79 Å². The first-order valence-corrected chi connectivity index (χ1v) is 5.85. The number of carbonyl (C=O) groups is 1. The van der Waals surface area contributed by atoms with Crippen molar-refractivity contribution in [1.29, 1.82) is 0 Å². The fourth-order valence-corrected chi connectivity index (χ4v) is 1.67. The zero-order chi connectivity index (χ0) is 13.0. The van der Waals surface area contributed by atoms with Crippen molar-refractivity contribution >= 4 is 5.78 Å². The molecule has 0 aliphatic carbocycles. The molecular formula is C13H17NO4. The van der Waals surface area contributed by atoms with Gasteiger partial charge in [0.2, 0.25) is 0 Å². The Morgan fingerprint density at radius 3 is 2.78 bits per heavy atom. The first-order valence-electron chi connectivity index (χ1n) is 5.85. The van der Waals surface area contributed by atoms with Crippen molar-refractivity contribution < 1.29 is 19.0 Å². The van der Waals surface area contributed by atoms with Crippen LogP contribution in [0.4, 0.5) is 0 Å². The third kappa shape index (κ3) is 2.80. The number of ether oxygens (including phenoxy) is 3. The van der Waals surface area contributed by atoms with Crippen LogP contribution in [-0.2, 0) is 4.74 Å². The van der Waals surface area contributed by atoms with Crippen LogP contribution in [0.1, 0.15) is 10.4 Å². The van der Waals surface area contributed by atoms with E-state index in [0.29, 0.717) is 36.8 Å². The second-order valence-corrected chi connectivity index (χ2v) is 4.10. The summed E-state index contributed by atoms with van der Waals surface area (Å²) in [6.07, 6.45) is 0.0496.